The van der Waals surface area contributed by atoms with E-state index in [0.717, 1.165) is 39.4 Å². The van der Waals surface area contributed by atoms with E-state index in [0.29, 0.717) is 0 Å². The molecule has 0 atom stereocenters. The highest BCUT2D eigenvalue weighted by molar-refractivity contribution is 5.88. The van der Waals surface area contributed by atoms with Crippen molar-refractivity contribution >= 4 is 16.4 Å². The van der Waals surface area contributed by atoms with Gasteiger partial charge in [0.2, 0.25) is 0 Å². The predicted molar refractivity (Wildman–Crippen MR) is 208 cm³/mol. The number of pyridine rings is 1. The van der Waals surface area contributed by atoms with Gasteiger partial charge < -0.3 is 0 Å². The van der Waals surface area contributed by atoms with Crippen LogP contribution in [0.15, 0.2) is 189 Å². The molecule has 51 heavy (non-hydrogen) atoms. The fourth-order valence-corrected chi connectivity index (χ4v) is 7.40. The summed E-state index contributed by atoms with van der Waals surface area (Å²) in [7, 11) is 0. The number of fused-ring (bicyclic) bond motifs is 2. The van der Waals surface area contributed by atoms with Crippen LogP contribution in [0.2, 0.25) is 0 Å². The molecule has 0 radical (unpaired) electrons. The monoisotopic (exact) mass is 654 g/mol. The van der Waals surface area contributed by atoms with Crippen LogP contribution < -0.4 is 0 Å². The summed E-state index contributed by atoms with van der Waals surface area (Å²) in [4.78, 5) is 14.6. The Kier molecular flexibility index (Phi) is 7.55. The van der Waals surface area contributed by atoms with E-state index < -0.39 is 5.41 Å². The van der Waals surface area contributed by atoms with Gasteiger partial charge in [-0.1, -0.05) is 140 Å². The van der Waals surface area contributed by atoms with Crippen molar-refractivity contribution in [3.63, 3.8) is 0 Å². The van der Waals surface area contributed by atoms with Crippen molar-refractivity contribution in [2.75, 3.05) is 0 Å². The molecule has 3 aromatic heterocycles. The van der Waals surface area contributed by atoms with Crippen LogP contribution in [0.1, 0.15) is 23.6 Å². The maximum Gasteiger partial charge on any atom is 0.164 e. The summed E-state index contributed by atoms with van der Waals surface area (Å²) < 4.78 is 2.20. The van der Waals surface area contributed by atoms with Crippen LogP contribution in [0.3, 0.4) is 0 Å². The van der Waals surface area contributed by atoms with Crippen LogP contribution in [0.4, 0.5) is 0 Å². The van der Waals surface area contributed by atoms with Crippen LogP contribution in [0, 0.1) is 0 Å². The molecule has 6 aromatic carbocycles. The summed E-state index contributed by atoms with van der Waals surface area (Å²) in [5.74, 6) is 0. The number of imidazole rings is 1. The number of hydrogen-bond acceptors (Lipinski definition) is 3. The van der Waals surface area contributed by atoms with Gasteiger partial charge in [-0.15, -0.1) is 0 Å². The fraction of sp³-hybridized carbons (Fsp3) is 0.0426. The zero-order chi connectivity index (χ0) is 34.2. The Balaban J connectivity index is 1.31. The summed E-state index contributed by atoms with van der Waals surface area (Å²) in [6, 6.07) is 58.2. The zero-order valence-electron chi connectivity index (χ0n) is 28.2. The first-order valence-corrected chi connectivity index (χ1v) is 17.3. The summed E-state index contributed by atoms with van der Waals surface area (Å²) in [6.45, 7) is 2.34. The average molecular weight is 655 g/mol. The lowest BCUT2D eigenvalue weighted by Crippen LogP contribution is -2.26. The number of aromatic nitrogens is 4. The molecule has 0 aliphatic rings. The molecule has 9 rings (SSSR count). The fourth-order valence-electron chi connectivity index (χ4n) is 7.40. The van der Waals surface area contributed by atoms with Gasteiger partial charge in [-0.05, 0) is 69.8 Å². The minimum absolute atomic E-state index is 0.465. The largest absolute Gasteiger partial charge is 0.296 e. The minimum Gasteiger partial charge on any atom is -0.296 e. The maximum absolute atomic E-state index is 5.36. The topological polar surface area (TPSA) is 43.1 Å². The summed E-state index contributed by atoms with van der Waals surface area (Å²) in [6.07, 6.45) is 7.72. The van der Waals surface area contributed by atoms with Gasteiger partial charge in [0.1, 0.15) is 5.69 Å². The molecule has 0 spiro atoms. The molecule has 0 bridgehead atoms. The molecule has 0 fully saturated rings. The van der Waals surface area contributed by atoms with Crippen LogP contribution in [0.25, 0.3) is 61.3 Å². The number of benzene rings is 6. The van der Waals surface area contributed by atoms with E-state index in [2.05, 4.69) is 174 Å². The second-order valence-corrected chi connectivity index (χ2v) is 13.1. The van der Waals surface area contributed by atoms with E-state index in [1.165, 1.54) is 38.6 Å². The highest BCUT2D eigenvalue weighted by Crippen LogP contribution is 2.45. The Hall–Kier alpha value is -6.65. The number of rotatable bonds is 7. The van der Waals surface area contributed by atoms with Gasteiger partial charge in [0.15, 0.2) is 5.65 Å². The SMILES string of the molecule is CC(c1ccccc1)(c1ccccc1)c1cc(-c2cn3c(-c4ccc5ccccc5c4)cnc3c(-c3ccncc3)n2)ccc1-c1ccccc1. The molecule has 242 valence electrons. The van der Waals surface area contributed by atoms with Crippen LogP contribution in [-0.2, 0) is 5.41 Å². The molecular formula is C47H34N4. The lowest BCUT2D eigenvalue weighted by Gasteiger charge is -2.34. The van der Waals surface area contributed by atoms with Crippen molar-refractivity contribution in [1.82, 2.24) is 19.4 Å². The zero-order valence-corrected chi connectivity index (χ0v) is 28.2. The maximum atomic E-state index is 5.36. The Labute approximate surface area is 297 Å². The van der Waals surface area contributed by atoms with Crippen molar-refractivity contribution in [3.8, 4) is 44.9 Å². The molecule has 9 aromatic rings. The van der Waals surface area contributed by atoms with E-state index in [4.69, 9.17) is 9.97 Å². The van der Waals surface area contributed by atoms with E-state index in [9.17, 15) is 0 Å². The van der Waals surface area contributed by atoms with Crippen LogP contribution in [-0.4, -0.2) is 19.4 Å². The second-order valence-electron chi connectivity index (χ2n) is 13.1. The van der Waals surface area contributed by atoms with E-state index >= 15 is 0 Å². The van der Waals surface area contributed by atoms with Crippen molar-refractivity contribution < 1.29 is 0 Å². The summed E-state index contributed by atoms with van der Waals surface area (Å²) in [5, 5.41) is 2.40. The van der Waals surface area contributed by atoms with Gasteiger partial charge >= 0.3 is 0 Å². The first kappa shape index (κ1) is 30.4. The first-order chi connectivity index (χ1) is 25.2. The van der Waals surface area contributed by atoms with Crippen molar-refractivity contribution in [2.45, 2.75) is 12.3 Å². The molecule has 4 heteroatoms. The lowest BCUT2D eigenvalue weighted by atomic mass is 9.68. The van der Waals surface area contributed by atoms with Crippen LogP contribution in [0.5, 0.6) is 0 Å². The molecule has 3 heterocycles. The van der Waals surface area contributed by atoms with Crippen molar-refractivity contribution in [1.29, 1.82) is 0 Å². The van der Waals surface area contributed by atoms with Gasteiger partial charge in [-0.3, -0.25) is 9.38 Å². The highest BCUT2D eigenvalue weighted by atomic mass is 15.0. The molecule has 0 saturated carbocycles. The molecule has 4 nitrogen and oxygen atoms in total. The van der Waals surface area contributed by atoms with E-state index in [1.807, 2.05) is 30.7 Å². The van der Waals surface area contributed by atoms with Crippen molar-refractivity contribution in [3.05, 3.63) is 205 Å². The second kappa shape index (κ2) is 12.7. The molecule has 0 saturated heterocycles. The van der Waals surface area contributed by atoms with E-state index in [1.54, 1.807) is 0 Å². The van der Waals surface area contributed by atoms with Crippen LogP contribution >= 0.6 is 0 Å². The van der Waals surface area contributed by atoms with Gasteiger partial charge in [-0.2, -0.15) is 0 Å². The standard InChI is InChI=1S/C47H34N4/c1-47(39-17-7-3-8-18-39,40-19-9-4-10-20-40)42-30-37(23-24-41(42)34-14-5-2-6-15-34)43-32-51-44(38-22-21-33-13-11-12-16-36(33)29-38)31-49-46(51)45(50-43)35-25-27-48-28-26-35/h2-32H,1H3. The quantitative estimate of drug-likeness (QED) is 0.161. The predicted octanol–water partition coefficient (Wildman–Crippen LogP) is 11.3. The third-order valence-electron chi connectivity index (χ3n) is 10.1. The van der Waals surface area contributed by atoms with Gasteiger partial charge in [-0.25, -0.2) is 9.97 Å². The smallest absolute Gasteiger partial charge is 0.164 e. The molecule has 0 N–H and O–H groups in total. The number of hydrogen-bond donors (Lipinski definition) is 0. The van der Waals surface area contributed by atoms with Gasteiger partial charge in [0.05, 0.1) is 17.6 Å². The normalized spacial score (nSPS) is 11.6. The van der Waals surface area contributed by atoms with E-state index in [-0.39, 0.29) is 0 Å². The lowest BCUT2D eigenvalue weighted by molar-refractivity contribution is 0.694. The van der Waals surface area contributed by atoms with Gasteiger partial charge in [0.25, 0.3) is 0 Å². The third-order valence-corrected chi connectivity index (χ3v) is 10.1. The Bertz CT molecular complexity index is 2590. The number of nitrogens with zero attached hydrogens (tertiary/aromatic N) is 4. The Morgan fingerprint density at radius 2 is 1.16 bits per heavy atom. The molecular weight excluding hydrogens is 621 g/mol. The third kappa shape index (κ3) is 5.38. The molecule has 0 amide bonds. The molecule has 0 unspecified atom stereocenters. The first-order valence-electron chi connectivity index (χ1n) is 17.3. The summed E-state index contributed by atoms with van der Waals surface area (Å²) in [5.41, 5.74) is 12.1. The summed E-state index contributed by atoms with van der Waals surface area (Å²) >= 11 is 0. The highest BCUT2D eigenvalue weighted by Gasteiger charge is 2.34. The molecule has 0 aliphatic carbocycles. The average Bonchev–Trinajstić information content (AvgIpc) is 3.65. The minimum atomic E-state index is -0.465. The van der Waals surface area contributed by atoms with Gasteiger partial charge in [0, 0.05) is 40.7 Å². The van der Waals surface area contributed by atoms with Crippen molar-refractivity contribution in [2.24, 2.45) is 0 Å². The Morgan fingerprint density at radius 1 is 0.529 bits per heavy atom. The molecule has 0 aliphatic heterocycles. The Morgan fingerprint density at radius 3 is 1.86 bits per heavy atom.